The SMILES string of the molecule is C/C=C1\CC2CC(C(=O)Cl)C1C2. The zero-order chi connectivity index (χ0) is 8.72. The molecule has 0 aliphatic heterocycles. The van der Waals surface area contributed by atoms with Gasteiger partial charge in [0.25, 0.3) is 0 Å². The van der Waals surface area contributed by atoms with Crippen LogP contribution in [0.5, 0.6) is 0 Å². The summed E-state index contributed by atoms with van der Waals surface area (Å²) in [6.07, 6.45) is 5.60. The van der Waals surface area contributed by atoms with Gasteiger partial charge in [0.1, 0.15) is 0 Å². The minimum Gasteiger partial charge on any atom is -0.281 e. The Balaban J connectivity index is 2.20. The number of hydrogen-bond donors (Lipinski definition) is 0. The first-order chi connectivity index (χ1) is 5.72. The minimum absolute atomic E-state index is 0.124. The van der Waals surface area contributed by atoms with Crippen LogP contribution in [-0.2, 0) is 4.79 Å². The van der Waals surface area contributed by atoms with E-state index in [1.807, 2.05) is 0 Å². The number of carbonyl (C=O) groups is 1. The van der Waals surface area contributed by atoms with Crippen molar-refractivity contribution in [2.24, 2.45) is 17.8 Å². The quantitative estimate of drug-likeness (QED) is 0.453. The fourth-order valence-electron chi connectivity index (χ4n) is 2.79. The second-order valence-corrected chi connectivity index (χ2v) is 4.29. The first-order valence-electron chi connectivity index (χ1n) is 4.56. The zero-order valence-corrected chi connectivity index (χ0v) is 7.97. The van der Waals surface area contributed by atoms with Gasteiger partial charge in [-0.1, -0.05) is 11.6 Å². The molecule has 0 aromatic rings. The van der Waals surface area contributed by atoms with Crippen LogP contribution in [0.25, 0.3) is 0 Å². The maximum absolute atomic E-state index is 11.0. The molecule has 0 heterocycles. The second-order valence-electron chi connectivity index (χ2n) is 3.92. The van der Waals surface area contributed by atoms with Crippen LogP contribution < -0.4 is 0 Å². The van der Waals surface area contributed by atoms with Crippen LogP contribution in [0.3, 0.4) is 0 Å². The molecular formula is C10H13ClO. The Morgan fingerprint density at radius 2 is 2.33 bits per heavy atom. The Bertz CT molecular complexity index is 244. The average Bonchev–Trinajstić information content (AvgIpc) is 2.60. The topological polar surface area (TPSA) is 17.1 Å². The first kappa shape index (κ1) is 8.31. The molecule has 2 saturated carbocycles. The van der Waals surface area contributed by atoms with Gasteiger partial charge in [-0.25, -0.2) is 0 Å². The van der Waals surface area contributed by atoms with Crippen LogP contribution in [0.15, 0.2) is 11.6 Å². The molecule has 3 unspecified atom stereocenters. The summed E-state index contributed by atoms with van der Waals surface area (Å²) in [5.41, 5.74) is 1.46. The fraction of sp³-hybridized carbons (Fsp3) is 0.700. The molecule has 2 fully saturated rings. The summed E-state index contributed by atoms with van der Waals surface area (Å²) in [6.45, 7) is 2.06. The van der Waals surface area contributed by atoms with E-state index in [2.05, 4.69) is 13.0 Å². The van der Waals surface area contributed by atoms with Gasteiger partial charge in [0.05, 0.1) is 0 Å². The molecule has 3 atom stereocenters. The van der Waals surface area contributed by atoms with E-state index in [0.29, 0.717) is 5.92 Å². The van der Waals surface area contributed by atoms with Crippen LogP contribution in [0, 0.1) is 17.8 Å². The molecule has 2 heteroatoms. The van der Waals surface area contributed by atoms with E-state index in [0.717, 1.165) is 12.3 Å². The molecule has 12 heavy (non-hydrogen) atoms. The number of fused-ring (bicyclic) bond motifs is 2. The molecule has 0 N–H and O–H groups in total. The predicted molar refractivity (Wildman–Crippen MR) is 48.9 cm³/mol. The summed E-state index contributed by atoms with van der Waals surface area (Å²) in [5, 5.41) is -0.124. The van der Waals surface area contributed by atoms with Crippen molar-refractivity contribution in [3.8, 4) is 0 Å². The van der Waals surface area contributed by atoms with Crippen molar-refractivity contribution in [3.05, 3.63) is 11.6 Å². The van der Waals surface area contributed by atoms with E-state index in [4.69, 9.17) is 11.6 Å². The monoisotopic (exact) mass is 184 g/mol. The van der Waals surface area contributed by atoms with Gasteiger partial charge in [0.2, 0.25) is 5.24 Å². The maximum atomic E-state index is 11.0. The van der Waals surface area contributed by atoms with E-state index in [-0.39, 0.29) is 11.2 Å². The molecule has 66 valence electrons. The fourth-order valence-corrected chi connectivity index (χ4v) is 3.03. The maximum Gasteiger partial charge on any atom is 0.225 e. The van der Waals surface area contributed by atoms with Crippen molar-refractivity contribution in [1.29, 1.82) is 0 Å². The number of carbonyl (C=O) groups excluding carboxylic acids is 1. The van der Waals surface area contributed by atoms with Gasteiger partial charge in [-0.15, -0.1) is 0 Å². The minimum atomic E-state index is -0.124. The number of rotatable bonds is 1. The van der Waals surface area contributed by atoms with E-state index in [1.54, 1.807) is 0 Å². The third-order valence-electron chi connectivity index (χ3n) is 3.32. The van der Waals surface area contributed by atoms with E-state index in [1.165, 1.54) is 18.4 Å². The lowest BCUT2D eigenvalue weighted by Crippen LogP contribution is -2.18. The summed E-state index contributed by atoms with van der Waals surface area (Å²) >= 11 is 5.53. The van der Waals surface area contributed by atoms with Gasteiger partial charge in [-0.3, -0.25) is 4.79 Å². The van der Waals surface area contributed by atoms with Gasteiger partial charge in [0, 0.05) is 5.92 Å². The highest BCUT2D eigenvalue weighted by Gasteiger charge is 2.45. The number of halogens is 1. The molecule has 0 aromatic carbocycles. The van der Waals surface area contributed by atoms with Crippen LogP contribution in [0.4, 0.5) is 0 Å². The van der Waals surface area contributed by atoms with Crippen molar-refractivity contribution < 1.29 is 4.79 Å². The molecule has 0 saturated heterocycles. The average molecular weight is 185 g/mol. The molecule has 2 aliphatic rings. The van der Waals surface area contributed by atoms with Crippen molar-refractivity contribution in [1.82, 2.24) is 0 Å². The Morgan fingerprint density at radius 1 is 1.58 bits per heavy atom. The normalized spacial score (nSPS) is 42.5. The highest BCUT2D eigenvalue weighted by Crippen LogP contribution is 2.52. The lowest BCUT2D eigenvalue weighted by Gasteiger charge is -2.20. The lowest BCUT2D eigenvalue weighted by atomic mass is 9.85. The van der Waals surface area contributed by atoms with Crippen molar-refractivity contribution in [3.63, 3.8) is 0 Å². The second kappa shape index (κ2) is 2.88. The molecule has 0 amide bonds. The summed E-state index contributed by atoms with van der Waals surface area (Å²) in [7, 11) is 0. The summed E-state index contributed by atoms with van der Waals surface area (Å²) < 4.78 is 0. The van der Waals surface area contributed by atoms with Gasteiger partial charge in [-0.05, 0) is 49.6 Å². The summed E-state index contributed by atoms with van der Waals surface area (Å²) in [6, 6.07) is 0. The summed E-state index contributed by atoms with van der Waals surface area (Å²) in [4.78, 5) is 11.0. The van der Waals surface area contributed by atoms with E-state index < -0.39 is 0 Å². The third-order valence-corrected chi connectivity index (χ3v) is 3.60. The Morgan fingerprint density at radius 3 is 2.83 bits per heavy atom. The van der Waals surface area contributed by atoms with Crippen molar-refractivity contribution in [2.75, 3.05) is 0 Å². The van der Waals surface area contributed by atoms with Crippen LogP contribution in [0.1, 0.15) is 26.2 Å². The summed E-state index contributed by atoms with van der Waals surface area (Å²) in [5.74, 6) is 1.37. The third kappa shape index (κ3) is 1.11. The van der Waals surface area contributed by atoms with Crippen LogP contribution >= 0.6 is 11.6 Å². The Kier molecular flexibility index (Phi) is 1.99. The van der Waals surface area contributed by atoms with Gasteiger partial charge in [0.15, 0.2) is 0 Å². The van der Waals surface area contributed by atoms with Gasteiger partial charge in [-0.2, -0.15) is 0 Å². The molecule has 2 rings (SSSR count). The lowest BCUT2D eigenvalue weighted by molar-refractivity contribution is -0.116. The highest BCUT2D eigenvalue weighted by atomic mass is 35.5. The molecular weight excluding hydrogens is 172 g/mol. The Labute approximate surface area is 77.8 Å². The number of hydrogen-bond acceptors (Lipinski definition) is 1. The van der Waals surface area contributed by atoms with E-state index in [9.17, 15) is 4.79 Å². The first-order valence-corrected chi connectivity index (χ1v) is 4.94. The van der Waals surface area contributed by atoms with Gasteiger partial charge >= 0.3 is 0 Å². The zero-order valence-electron chi connectivity index (χ0n) is 7.22. The van der Waals surface area contributed by atoms with Crippen molar-refractivity contribution >= 4 is 16.8 Å². The molecule has 1 nitrogen and oxygen atoms in total. The molecule has 0 spiro atoms. The van der Waals surface area contributed by atoms with E-state index >= 15 is 0 Å². The van der Waals surface area contributed by atoms with Gasteiger partial charge < -0.3 is 0 Å². The largest absolute Gasteiger partial charge is 0.281 e. The van der Waals surface area contributed by atoms with Crippen molar-refractivity contribution in [2.45, 2.75) is 26.2 Å². The molecule has 2 aliphatic carbocycles. The standard InChI is InChI=1S/C10H13ClO/c1-2-7-3-6-4-8(7)9(5-6)10(11)12/h2,6,8-9H,3-5H2,1H3/b7-2+. The Hall–Kier alpha value is -0.300. The highest BCUT2D eigenvalue weighted by molar-refractivity contribution is 6.64. The number of allylic oxidation sites excluding steroid dienone is 2. The molecule has 0 aromatic heterocycles. The van der Waals surface area contributed by atoms with Crippen LogP contribution in [0.2, 0.25) is 0 Å². The molecule has 2 bridgehead atoms. The van der Waals surface area contributed by atoms with Crippen LogP contribution in [-0.4, -0.2) is 5.24 Å². The smallest absolute Gasteiger partial charge is 0.225 e. The predicted octanol–water partition coefficient (Wildman–Crippen LogP) is 2.74. The molecule has 0 radical (unpaired) electrons.